The smallest absolute Gasteiger partial charge is 0.431 e. The molecule has 0 aromatic heterocycles. The highest BCUT2D eigenvalue weighted by Gasteiger charge is 2.19. The van der Waals surface area contributed by atoms with E-state index in [4.69, 9.17) is 10.6 Å². The quantitative estimate of drug-likeness (QED) is 0.668. The van der Waals surface area contributed by atoms with Crippen LogP contribution in [0.1, 0.15) is 32.6 Å². The summed E-state index contributed by atoms with van der Waals surface area (Å²) in [5.74, 6) is 0. The summed E-state index contributed by atoms with van der Waals surface area (Å²) in [6, 6.07) is 0.289. The van der Waals surface area contributed by atoms with Crippen molar-refractivity contribution in [1.29, 1.82) is 0 Å². The summed E-state index contributed by atoms with van der Waals surface area (Å²) in [6.45, 7) is 2.10. The van der Waals surface area contributed by atoms with E-state index in [0.29, 0.717) is 6.61 Å². The van der Waals surface area contributed by atoms with Crippen LogP contribution in [0.25, 0.3) is 0 Å². The molecule has 82 valence electrons. The molecule has 1 aliphatic carbocycles. The van der Waals surface area contributed by atoms with E-state index in [1.54, 1.807) is 6.92 Å². The Labute approximate surface area is 83.9 Å². The fourth-order valence-electron chi connectivity index (χ4n) is 1.50. The van der Waals surface area contributed by atoms with Gasteiger partial charge < -0.3 is 10.5 Å². The summed E-state index contributed by atoms with van der Waals surface area (Å²) >= 11 is 0. The van der Waals surface area contributed by atoms with Crippen molar-refractivity contribution in [3.8, 4) is 0 Å². The second-order valence-electron chi connectivity index (χ2n) is 3.48. The number of nitrogens with one attached hydrogen (secondary N) is 1. The van der Waals surface area contributed by atoms with Gasteiger partial charge in [-0.15, -0.1) is 0 Å². The lowest BCUT2D eigenvalue weighted by Gasteiger charge is -2.25. The van der Waals surface area contributed by atoms with E-state index in [1.165, 1.54) is 0 Å². The van der Waals surface area contributed by atoms with Crippen molar-refractivity contribution in [1.82, 2.24) is 5.48 Å². The summed E-state index contributed by atoms with van der Waals surface area (Å²) < 4.78 is 4.65. The molecule has 0 bridgehead atoms. The Morgan fingerprint density at radius 3 is 2.64 bits per heavy atom. The molecule has 1 aliphatic rings. The molecule has 14 heavy (non-hydrogen) atoms. The molecule has 3 N–H and O–H groups in total. The molecule has 0 saturated heterocycles. The summed E-state index contributed by atoms with van der Waals surface area (Å²) in [5.41, 5.74) is 8.00. The maximum Gasteiger partial charge on any atom is 0.431 e. The van der Waals surface area contributed by atoms with Crippen molar-refractivity contribution in [2.24, 2.45) is 5.73 Å². The zero-order valence-electron chi connectivity index (χ0n) is 8.49. The van der Waals surface area contributed by atoms with Crippen LogP contribution in [0.3, 0.4) is 0 Å². The first-order valence-corrected chi connectivity index (χ1v) is 5.06. The van der Waals surface area contributed by atoms with Gasteiger partial charge >= 0.3 is 6.09 Å². The van der Waals surface area contributed by atoms with Crippen LogP contribution in [-0.4, -0.2) is 24.8 Å². The minimum Gasteiger partial charge on any atom is -0.448 e. The molecule has 0 aliphatic heterocycles. The van der Waals surface area contributed by atoms with Gasteiger partial charge in [-0.2, -0.15) is 5.48 Å². The molecule has 0 heterocycles. The van der Waals surface area contributed by atoms with Crippen LogP contribution < -0.4 is 11.2 Å². The lowest BCUT2D eigenvalue weighted by molar-refractivity contribution is -0.0397. The topological polar surface area (TPSA) is 73.6 Å². The molecule has 0 spiro atoms. The molecule has 0 aromatic carbocycles. The molecular formula is C9H18N2O3. The predicted molar refractivity (Wildman–Crippen MR) is 51.5 cm³/mol. The van der Waals surface area contributed by atoms with Crippen LogP contribution in [0, 0.1) is 0 Å². The highest BCUT2D eigenvalue weighted by Crippen LogP contribution is 2.18. The Balaban J connectivity index is 2.09. The summed E-state index contributed by atoms with van der Waals surface area (Å²) in [6.07, 6.45) is 3.26. The standard InChI is InChI=1S/C9H18N2O3/c1-2-13-9(12)11-14-8-5-3-7(10)4-6-8/h7-8H,2-6,10H2,1H3,(H,11,12). The maximum absolute atomic E-state index is 10.9. The largest absolute Gasteiger partial charge is 0.448 e. The monoisotopic (exact) mass is 202 g/mol. The number of hydrogen-bond donors (Lipinski definition) is 2. The first-order chi connectivity index (χ1) is 6.72. The molecule has 0 aromatic rings. The molecule has 5 heteroatoms. The minimum absolute atomic E-state index is 0.0826. The van der Waals surface area contributed by atoms with Gasteiger partial charge in [-0.25, -0.2) is 4.79 Å². The maximum atomic E-state index is 10.9. The second kappa shape index (κ2) is 5.82. The van der Waals surface area contributed by atoms with E-state index in [0.717, 1.165) is 25.7 Å². The van der Waals surface area contributed by atoms with Gasteiger partial charge in [-0.3, -0.25) is 4.84 Å². The molecular weight excluding hydrogens is 184 g/mol. The number of rotatable bonds is 3. The summed E-state index contributed by atoms with van der Waals surface area (Å²) in [4.78, 5) is 16.0. The number of carbonyl (C=O) groups is 1. The van der Waals surface area contributed by atoms with Crippen LogP contribution in [0.2, 0.25) is 0 Å². The first kappa shape index (κ1) is 11.3. The Hall–Kier alpha value is -0.810. The highest BCUT2D eigenvalue weighted by atomic mass is 16.7. The third-order valence-electron chi connectivity index (χ3n) is 2.30. The Morgan fingerprint density at radius 2 is 2.07 bits per heavy atom. The molecule has 5 nitrogen and oxygen atoms in total. The van der Waals surface area contributed by atoms with Gasteiger partial charge in [0.15, 0.2) is 0 Å². The van der Waals surface area contributed by atoms with E-state index >= 15 is 0 Å². The molecule has 1 rings (SSSR count). The van der Waals surface area contributed by atoms with Crippen LogP contribution in [0.4, 0.5) is 4.79 Å². The van der Waals surface area contributed by atoms with Crippen molar-refractivity contribution in [2.75, 3.05) is 6.61 Å². The van der Waals surface area contributed by atoms with Crippen LogP contribution in [0.15, 0.2) is 0 Å². The van der Waals surface area contributed by atoms with Gasteiger partial charge in [-0.05, 0) is 32.6 Å². The van der Waals surface area contributed by atoms with Gasteiger partial charge in [0.1, 0.15) is 0 Å². The van der Waals surface area contributed by atoms with E-state index in [9.17, 15) is 4.79 Å². The minimum atomic E-state index is -0.526. The lowest BCUT2D eigenvalue weighted by Crippen LogP contribution is -2.35. The third kappa shape index (κ3) is 3.93. The van der Waals surface area contributed by atoms with Gasteiger partial charge in [0.2, 0.25) is 0 Å². The average molecular weight is 202 g/mol. The summed E-state index contributed by atoms with van der Waals surface area (Å²) in [5, 5.41) is 0. The van der Waals surface area contributed by atoms with Gasteiger partial charge in [0.05, 0.1) is 12.7 Å². The first-order valence-electron chi connectivity index (χ1n) is 5.06. The Morgan fingerprint density at radius 1 is 1.43 bits per heavy atom. The molecule has 1 amide bonds. The van der Waals surface area contributed by atoms with Gasteiger partial charge in [-0.1, -0.05) is 0 Å². The molecule has 0 radical (unpaired) electrons. The third-order valence-corrected chi connectivity index (χ3v) is 2.30. The number of ether oxygens (including phenoxy) is 1. The van der Waals surface area contributed by atoms with Gasteiger partial charge in [0, 0.05) is 6.04 Å². The fraction of sp³-hybridized carbons (Fsp3) is 0.889. The normalized spacial score (nSPS) is 27.0. The van der Waals surface area contributed by atoms with E-state index in [1.807, 2.05) is 0 Å². The Bertz CT molecular complexity index is 179. The number of hydrogen-bond acceptors (Lipinski definition) is 4. The predicted octanol–water partition coefficient (Wildman–Crippen LogP) is 0.934. The zero-order valence-corrected chi connectivity index (χ0v) is 8.49. The number of nitrogens with two attached hydrogens (primary N) is 1. The molecule has 0 atom stereocenters. The molecule has 1 saturated carbocycles. The fourth-order valence-corrected chi connectivity index (χ4v) is 1.50. The molecule has 1 fully saturated rings. The van der Waals surface area contributed by atoms with Crippen molar-refractivity contribution in [3.05, 3.63) is 0 Å². The number of amides is 1. The lowest BCUT2D eigenvalue weighted by atomic mass is 9.94. The van der Waals surface area contributed by atoms with Crippen LogP contribution in [0.5, 0.6) is 0 Å². The van der Waals surface area contributed by atoms with Crippen LogP contribution in [-0.2, 0) is 9.57 Å². The van der Waals surface area contributed by atoms with E-state index < -0.39 is 6.09 Å². The van der Waals surface area contributed by atoms with Crippen molar-refractivity contribution < 1.29 is 14.4 Å². The second-order valence-corrected chi connectivity index (χ2v) is 3.48. The Kier molecular flexibility index (Phi) is 4.69. The number of hydroxylamine groups is 1. The van der Waals surface area contributed by atoms with Crippen LogP contribution >= 0.6 is 0 Å². The van der Waals surface area contributed by atoms with Gasteiger partial charge in [0.25, 0.3) is 0 Å². The summed E-state index contributed by atoms with van der Waals surface area (Å²) in [7, 11) is 0. The SMILES string of the molecule is CCOC(=O)NOC1CCC(N)CC1. The van der Waals surface area contributed by atoms with Crippen molar-refractivity contribution in [3.63, 3.8) is 0 Å². The highest BCUT2D eigenvalue weighted by molar-refractivity contribution is 5.65. The molecule has 0 unspecified atom stereocenters. The average Bonchev–Trinajstić information content (AvgIpc) is 2.17. The zero-order chi connectivity index (χ0) is 10.4. The van der Waals surface area contributed by atoms with Crippen molar-refractivity contribution in [2.45, 2.75) is 44.8 Å². The van der Waals surface area contributed by atoms with Crippen molar-refractivity contribution >= 4 is 6.09 Å². The van der Waals surface area contributed by atoms with E-state index in [2.05, 4.69) is 10.2 Å². The van der Waals surface area contributed by atoms with E-state index in [-0.39, 0.29) is 12.1 Å². The number of carbonyl (C=O) groups excluding carboxylic acids is 1.